The zero-order valence-corrected chi connectivity index (χ0v) is 28.6. The van der Waals surface area contributed by atoms with E-state index in [-0.39, 0.29) is 23.0 Å². The van der Waals surface area contributed by atoms with E-state index in [1.807, 2.05) is 12.1 Å². The first-order valence-electron chi connectivity index (χ1n) is 17.9. The summed E-state index contributed by atoms with van der Waals surface area (Å²) in [6.07, 6.45) is 4.96. The number of rotatable bonds is 0. The van der Waals surface area contributed by atoms with Crippen molar-refractivity contribution in [1.29, 1.82) is 0 Å². The Morgan fingerprint density at radius 3 is 2.35 bits per heavy atom. The Morgan fingerprint density at radius 1 is 0.735 bits per heavy atom. The highest BCUT2D eigenvalue weighted by Gasteiger charge is 2.54. The van der Waals surface area contributed by atoms with Gasteiger partial charge in [0.2, 0.25) is 0 Å². The van der Waals surface area contributed by atoms with E-state index in [1.165, 1.54) is 59.0 Å². The maximum Gasteiger partial charge on any atom is 0.252 e. The maximum absolute atomic E-state index is 6.90. The van der Waals surface area contributed by atoms with Gasteiger partial charge in [-0.25, -0.2) is 4.98 Å². The minimum absolute atomic E-state index is 0.0757. The molecule has 2 aromatic heterocycles. The van der Waals surface area contributed by atoms with Crippen molar-refractivity contribution in [2.45, 2.75) is 76.5 Å². The van der Waals surface area contributed by atoms with Gasteiger partial charge in [-0.05, 0) is 100 Å². The fourth-order valence-corrected chi connectivity index (χ4v) is 10.5. The Bertz CT molecular complexity index is 2680. The van der Waals surface area contributed by atoms with Gasteiger partial charge in [0.1, 0.15) is 17.0 Å². The Labute approximate surface area is 285 Å². The van der Waals surface area contributed by atoms with E-state index in [0.29, 0.717) is 0 Å². The predicted molar refractivity (Wildman–Crippen MR) is 200 cm³/mol. The van der Waals surface area contributed by atoms with Gasteiger partial charge in [-0.2, -0.15) is 0 Å². The number of benzene rings is 5. The van der Waals surface area contributed by atoms with Crippen LogP contribution in [0.25, 0.3) is 38.7 Å². The Kier molecular flexibility index (Phi) is 4.53. The normalized spacial score (nSPS) is 22.3. The molecule has 0 atom stereocenters. The number of ether oxygens (including phenoxy) is 1. The zero-order valence-electron chi connectivity index (χ0n) is 28.6. The first kappa shape index (κ1) is 26.9. The highest BCUT2D eigenvalue weighted by molar-refractivity contribution is 7.00. The molecule has 1 saturated carbocycles. The van der Waals surface area contributed by atoms with Crippen LogP contribution >= 0.6 is 0 Å². The van der Waals surface area contributed by atoms with Crippen molar-refractivity contribution in [2.75, 3.05) is 4.90 Å². The summed E-state index contributed by atoms with van der Waals surface area (Å²) >= 11 is 0. The van der Waals surface area contributed by atoms with Gasteiger partial charge in [-0.3, -0.25) is 4.57 Å². The molecule has 3 aliphatic carbocycles. The second-order valence-corrected chi connectivity index (χ2v) is 16.9. The highest BCUT2D eigenvalue weighted by Crippen LogP contribution is 2.58. The third-order valence-corrected chi connectivity index (χ3v) is 13.0. The van der Waals surface area contributed by atoms with Crippen LogP contribution < -0.4 is 26.0 Å². The van der Waals surface area contributed by atoms with Gasteiger partial charge >= 0.3 is 0 Å². The molecule has 49 heavy (non-hydrogen) atoms. The van der Waals surface area contributed by atoms with Crippen LogP contribution in [0.15, 0.2) is 83.3 Å². The molecule has 6 heteroatoms. The van der Waals surface area contributed by atoms with Crippen LogP contribution in [0.3, 0.4) is 0 Å². The number of fused-ring (bicyclic) bond motifs is 11. The van der Waals surface area contributed by atoms with Crippen molar-refractivity contribution in [3.8, 4) is 17.2 Å². The molecule has 0 unspecified atom stereocenters. The van der Waals surface area contributed by atoms with Gasteiger partial charge < -0.3 is 14.1 Å². The van der Waals surface area contributed by atoms with Crippen LogP contribution in [-0.2, 0) is 16.2 Å². The molecule has 0 saturated heterocycles. The van der Waals surface area contributed by atoms with Crippen molar-refractivity contribution in [3.05, 3.63) is 95.8 Å². The summed E-state index contributed by atoms with van der Waals surface area (Å²) in [5, 5.41) is 2.18. The average molecular weight is 638 g/mol. The summed E-state index contributed by atoms with van der Waals surface area (Å²) in [7, 11) is 0. The lowest BCUT2D eigenvalue weighted by Gasteiger charge is -2.54. The molecule has 3 aliphatic heterocycles. The summed E-state index contributed by atoms with van der Waals surface area (Å²) in [6.45, 7) is 12.1. The number of para-hydroxylation sites is 2. The quantitative estimate of drug-likeness (QED) is 0.156. The number of furan rings is 1. The summed E-state index contributed by atoms with van der Waals surface area (Å²) in [5.74, 6) is 2.89. The van der Waals surface area contributed by atoms with E-state index in [4.69, 9.17) is 14.1 Å². The lowest BCUT2D eigenvalue weighted by atomic mass is 9.31. The van der Waals surface area contributed by atoms with Crippen molar-refractivity contribution >= 4 is 73.1 Å². The van der Waals surface area contributed by atoms with Gasteiger partial charge in [0.25, 0.3) is 6.71 Å². The van der Waals surface area contributed by atoms with Crippen LogP contribution in [0.4, 0.5) is 17.1 Å². The topological polar surface area (TPSA) is 43.4 Å². The first-order chi connectivity index (χ1) is 23.6. The number of nitrogens with zero attached hydrogens (tertiary/aromatic N) is 3. The SMILES string of the molecule is CC(C)(C)c1nc2cc3c(c4c2n1-c1cccc2c1B4c1cccc4c1N2c1cc2oc5ccccc5c2cc1O4)C1(C)CCC3(C)CC1. The highest BCUT2D eigenvalue weighted by atomic mass is 16.5. The van der Waals surface area contributed by atoms with E-state index in [2.05, 4.69) is 111 Å². The zero-order chi connectivity index (χ0) is 32.8. The van der Waals surface area contributed by atoms with Crippen LogP contribution in [0.2, 0.25) is 0 Å². The third-order valence-electron chi connectivity index (χ3n) is 13.0. The minimum atomic E-state index is -0.142. The van der Waals surface area contributed by atoms with Crippen LogP contribution in [0.1, 0.15) is 77.3 Å². The molecule has 0 N–H and O–H groups in total. The molecule has 0 radical (unpaired) electrons. The Balaban J connectivity index is 1.23. The Hall–Kier alpha value is -4.97. The molecule has 5 heterocycles. The van der Waals surface area contributed by atoms with Gasteiger partial charge in [0.15, 0.2) is 11.5 Å². The second-order valence-electron chi connectivity index (χ2n) is 16.9. The molecule has 1 fully saturated rings. The average Bonchev–Trinajstić information content (AvgIpc) is 3.66. The minimum Gasteiger partial charge on any atom is -0.456 e. The third kappa shape index (κ3) is 3.05. The molecule has 238 valence electrons. The summed E-state index contributed by atoms with van der Waals surface area (Å²) in [6, 6.07) is 28.7. The van der Waals surface area contributed by atoms with Crippen LogP contribution in [-0.4, -0.2) is 16.3 Å². The van der Waals surface area contributed by atoms with Crippen molar-refractivity contribution in [2.24, 2.45) is 0 Å². The smallest absolute Gasteiger partial charge is 0.252 e. The monoisotopic (exact) mass is 637 g/mol. The van der Waals surface area contributed by atoms with E-state index < -0.39 is 0 Å². The van der Waals surface area contributed by atoms with Gasteiger partial charge in [0.05, 0.1) is 22.4 Å². The molecule has 13 rings (SSSR count). The largest absolute Gasteiger partial charge is 0.456 e. The lowest BCUT2D eigenvalue weighted by molar-refractivity contribution is 0.189. The maximum atomic E-state index is 6.90. The van der Waals surface area contributed by atoms with Gasteiger partial charge in [-0.1, -0.05) is 71.0 Å². The van der Waals surface area contributed by atoms with Gasteiger partial charge in [-0.15, -0.1) is 0 Å². The molecule has 0 amide bonds. The lowest BCUT2D eigenvalue weighted by Crippen LogP contribution is -2.64. The second kappa shape index (κ2) is 8.24. The van der Waals surface area contributed by atoms with E-state index in [1.54, 1.807) is 11.1 Å². The molecule has 0 spiro atoms. The predicted octanol–water partition coefficient (Wildman–Crippen LogP) is 9.04. The summed E-state index contributed by atoms with van der Waals surface area (Å²) in [4.78, 5) is 8.01. The van der Waals surface area contributed by atoms with Crippen molar-refractivity contribution in [3.63, 3.8) is 0 Å². The number of anilines is 3. The first-order valence-corrected chi connectivity index (χ1v) is 17.9. The molecule has 5 aromatic carbocycles. The van der Waals surface area contributed by atoms with Gasteiger partial charge in [0, 0.05) is 33.6 Å². The molecule has 7 aromatic rings. The standard InChI is InChI=1S/C43H36BN3O2/c1-41(2,3)40-45-27-21-25-35(43(5)18-16-42(25,4)17-19-43)37-39(27)47(40)29-13-9-12-28-36(29)44(37)26-11-8-15-32-38(26)46(28)30-22-33-24(20-34(30)49-32)23-10-6-7-14-31(23)48-33/h6-15,20-22H,16-19H2,1-5H3. The Morgan fingerprint density at radius 2 is 1.51 bits per heavy atom. The fraction of sp³-hybridized carbons (Fsp3) is 0.279. The molecular weight excluding hydrogens is 601 g/mol. The van der Waals surface area contributed by atoms with Crippen molar-refractivity contribution < 1.29 is 9.15 Å². The number of hydrogen-bond acceptors (Lipinski definition) is 4. The van der Waals surface area contributed by atoms with Crippen LogP contribution in [0, 0.1) is 0 Å². The number of aromatic nitrogens is 2. The number of hydrogen-bond donors (Lipinski definition) is 0. The summed E-state index contributed by atoms with van der Waals surface area (Å²) < 4.78 is 15.9. The van der Waals surface area contributed by atoms with Crippen molar-refractivity contribution in [1.82, 2.24) is 9.55 Å². The summed E-state index contributed by atoms with van der Waals surface area (Å²) in [5.41, 5.74) is 16.3. The van der Waals surface area contributed by atoms with E-state index >= 15 is 0 Å². The fourth-order valence-electron chi connectivity index (χ4n) is 10.5. The number of imidazole rings is 1. The molecule has 5 nitrogen and oxygen atoms in total. The van der Waals surface area contributed by atoms with E-state index in [9.17, 15) is 0 Å². The van der Waals surface area contributed by atoms with E-state index in [0.717, 1.165) is 56.2 Å². The molecule has 2 bridgehead atoms. The molecular formula is C43H36BN3O2. The molecule has 6 aliphatic rings. The van der Waals surface area contributed by atoms with Crippen LogP contribution in [0.5, 0.6) is 11.5 Å².